The molecule has 1 unspecified atom stereocenters. The molecule has 2 aliphatic carbocycles. The second-order valence-corrected chi connectivity index (χ2v) is 7.68. The summed E-state index contributed by atoms with van der Waals surface area (Å²) < 4.78 is 0. The highest BCUT2D eigenvalue weighted by Crippen LogP contribution is 2.55. The van der Waals surface area contributed by atoms with E-state index in [2.05, 4.69) is 49.7 Å². The molecule has 0 aromatic heterocycles. The summed E-state index contributed by atoms with van der Waals surface area (Å²) in [4.78, 5) is 0.520. The third-order valence-electron chi connectivity index (χ3n) is 5.22. The van der Waals surface area contributed by atoms with Crippen LogP contribution in [0.1, 0.15) is 47.0 Å². The second kappa shape index (κ2) is 4.70. The van der Waals surface area contributed by atoms with E-state index in [1.54, 1.807) is 0 Å². The minimum atomic E-state index is -0.162. The van der Waals surface area contributed by atoms with Crippen LogP contribution in [0, 0.1) is 23.2 Å². The van der Waals surface area contributed by atoms with Crippen molar-refractivity contribution in [1.29, 1.82) is 0 Å². The average Bonchev–Trinajstić information content (AvgIpc) is 2.23. The number of hydrogen-bond donors (Lipinski definition) is 1. The van der Waals surface area contributed by atoms with Gasteiger partial charge in [0.1, 0.15) is 0 Å². The first-order valence-corrected chi connectivity index (χ1v) is 7.78. The van der Waals surface area contributed by atoms with Gasteiger partial charge >= 0.3 is 0 Å². The molecule has 0 amide bonds. The number of aliphatic hydroxyl groups is 1. The Balaban J connectivity index is 2.33. The first kappa shape index (κ1) is 13.6. The van der Waals surface area contributed by atoms with Crippen molar-refractivity contribution in [2.75, 3.05) is 0 Å². The Kier molecular flexibility index (Phi) is 3.76. The normalized spacial score (nSPS) is 46.6. The lowest BCUT2D eigenvalue weighted by Gasteiger charge is -2.53. The molecule has 5 atom stereocenters. The molecule has 2 rings (SSSR count). The van der Waals surface area contributed by atoms with Gasteiger partial charge in [-0.3, -0.25) is 0 Å². The molecule has 0 heterocycles. The number of allylic oxidation sites excluding steroid dienone is 1. The number of alkyl halides is 1. The van der Waals surface area contributed by atoms with Crippen molar-refractivity contribution in [2.45, 2.75) is 57.9 Å². The maximum absolute atomic E-state index is 10.7. The van der Waals surface area contributed by atoms with Crippen LogP contribution in [-0.2, 0) is 0 Å². The number of hydrogen-bond acceptors (Lipinski definition) is 1. The lowest BCUT2D eigenvalue weighted by atomic mass is 9.55. The number of fused-ring (bicyclic) bond motifs is 1. The molecule has 1 fully saturated rings. The van der Waals surface area contributed by atoms with Crippen LogP contribution < -0.4 is 0 Å². The monoisotopic (exact) mass is 300 g/mol. The second-order valence-electron chi connectivity index (χ2n) is 6.57. The van der Waals surface area contributed by atoms with Gasteiger partial charge in [-0.05, 0) is 43.4 Å². The number of aliphatic hydroxyl groups excluding tert-OH is 1. The molecule has 0 bridgehead atoms. The van der Waals surface area contributed by atoms with Crippen LogP contribution in [0.5, 0.6) is 0 Å². The topological polar surface area (TPSA) is 20.2 Å². The van der Waals surface area contributed by atoms with Crippen LogP contribution in [-0.4, -0.2) is 16.0 Å². The summed E-state index contributed by atoms with van der Waals surface area (Å²) in [7, 11) is 0. The minimum Gasteiger partial charge on any atom is -0.392 e. The molecule has 98 valence electrons. The summed E-state index contributed by atoms with van der Waals surface area (Å²) in [5.41, 5.74) is 1.64. The predicted octanol–water partition coefficient (Wildman–Crippen LogP) is 4.15. The smallest absolute Gasteiger partial charge is 0.0641 e. The van der Waals surface area contributed by atoms with E-state index in [0.29, 0.717) is 22.6 Å². The molecule has 2 heteroatoms. The molecule has 0 aromatic rings. The Hall–Kier alpha value is 0.180. The Morgan fingerprint density at radius 2 is 2.12 bits per heavy atom. The molecular weight excluding hydrogens is 276 g/mol. The SMILES string of the molecule is CC1=CCC(Br)[C@]2(C)CC[C@H](C(C)C)[C@H](O)[C@@H]12. The number of rotatable bonds is 1. The van der Waals surface area contributed by atoms with Crippen molar-refractivity contribution in [1.82, 2.24) is 0 Å². The van der Waals surface area contributed by atoms with E-state index in [1.807, 2.05) is 0 Å². The van der Waals surface area contributed by atoms with E-state index in [9.17, 15) is 5.11 Å². The molecule has 1 nitrogen and oxygen atoms in total. The van der Waals surface area contributed by atoms with Crippen molar-refractivity contribution < 1.29 is 5.11 Å². The molecule has 1 N–H and O–H groups in total. The fraction of sp³-hybridized carbons (Fsp3) is 0.867. The van der Waals surface area contributed by atoms with E-state index in [0.717, 1.165) is 6.42 Å². The summed E-state index contributed by atoms with van der Waals surface area (Å²) in [6.07, 6.45) is 5.67. The average molecular weight is 301 g/mol. The Morgan fingerprint density at radius 3 is 2.71 bits per heavy atom. The minimum absolute atomic E-state index is 0.162. The summed E-state index contributed by atoms with van der Waals surface area (Å²) in [6.45, 7) is 9.04. The van der Waals surface area contributed by atoms with Gasteiger partial charge in [0.25, 0.3) is 0 Å². The van der Waals surface area contributed by atoms with Crippen LogP contribution in [0.25, 0.3) is 0 Å². The predicted molar refractivity (Wildman–Crippen MR) is 76.3 cm³/mol. The van der Waals surface area contributed by atoms with Crippen LogP contribution in [0.2, 0.25) is 0 Å². The summed E-state index contributed by atoms with van der Waals surface area (Å²) >= 11 is 3.84. The van der Waals surface area contributed by atoms with E-state index in [4.69, 9.17) is 0 Å². The Labute approximate surface area is 114 Å². The van der Waals surface area contributed by atoms with Gasteiger partial charge in [0, 0.05) is 10.7 Å². The molecule has 2 aliphatic rings. The maximum Gasteiger partial charge on any atom is 0.0641 e. The van der Waals surface area contributed by atoms with Gasteiger partial charge in [-0.2, -0.15) is 0 Å². The van der Waals surface area contributed by atoms with Gasteiger partial charge in [-0.1, -0.05) is 48.4 Å². The zero-order valence-electron chi connectivity index (χ0n) is 11.4. The molecule has 1 saturated carbocycles. The molecule has 0 aliphatic heterocycles. The lowest BCUT2D eigenvalue weighted by Crippen LogP contribution is -2.52. The zero-order valence-corrected chi connectivity index (χ0v) is 13.0. The van der Waals surface area contributed by atoms with Gasteiger partial charge in [-0.25, -0.2) is 0 Å². The molecule has 0 radical (unpaired) electrons. The third-order valence-corrected chi connectivity index (χ3v) is 6.64. The van der Waals surface area contributed by atoms with Crippen molar-refractivity contribution in [3.8, 4) is 0 Å². The highest BCUT2D eigenvalue weighted by atomic mass is 79.9. The first-order valence-electron chi connectivity index (χ1n) is 6.86. The van der Waals surface area contributed by atoms with Gasteiger partial charge in [0.15, 0.2) is 0 Å². The molecule has 0 aromatic carbocycles. The molecule has 0 saturated heterocycles. The van der Waals surface area contributed by atoms with Crippen LogP contribution in [0.4, 0.5) is 0 Å². The third kappa shape index (κ3) is 2.12. The van der Waals surface area contributed by atoms with Gasteiger partial charge in [-0.15, -0.1) is 0 Å². The first-order chi connectivity index (χ1) is 7.88. The highest BCUT2D eigenvalue weighted by molar-refractivity contribution is 9.09. The van der Waals surface area contributed by atoms with Crippen molar-refractivity contribution in [3.63, 3.8) is 0 Å². The van der Waals surface area contributed by atoms with Crippen LogP contribution in [0.15, 0.2) is 11.6 Å². The Morgan fingerprint density at radius 1 is 1.47 bits per heavy atom. The van der Waals surface area contributed by atoms with E-state index in [1.165, 1.54) is 18.4 Å². The van der Waals surface area contributed by atoms with E-state index < -0.39 is 0 Å². The highest BCUT2D eigenvalue weighted by Gasteiger charge is 2.51. The molecular formula is C15H25BrO. The van der Waals surface area contributed by atoms with Crippen molar-refractivity contribution >= 4 is 15.9 Å². The quantitative estimate of drug-likeness (QED) is 0.570. The number of halogens is 1. The van der Waals surface area contributed by atoms with E-state index >= 15 is 0 Å². The van der Waals surface area contributed by atoms with Gasteiger partial charge in [0.05, 0.1) is 6.10 Å². The van der Waals surface area contributed by atoms with Crippen LogP contribution >= 0.6 is 15.9 Å². The fourth-order valence-corrected chi connectivity index (χ4v) is 4.70. The molecule has 0 spiro atoms. The largest absolute Gasteiger partial charge is 0.392 e. The van der Waals surface area contributed by atoms with E-state index in [-0.39, 0.29) is 11.5 Å². The lowest BCUT2D eigenvalue weighted by molar-refractivity contribution is -0.0576. The van der Waals surface area contributed by atoms with Gasteiger partial charge in [0.2, 0.25) is 0 Å². The van der Waals surface area contributed by atoms with Gasteiger partial charge < -0.3 is 5.11 Å². The standard InChI is InChI=1S/C15H25BrO/c1-9(2)11-7-8-15(4)12(16)6-5-10(3)13(15)14(11)17/h5,9,11-14,17H,6-8H2,1-4H3/t11-,12?,13-,14+,15+/m1/s1. The Bertz CT molecular complexity index is 323. The summed E-state index contributed by atoms with van der Waals surface area (Å²) in [5, 5.41) is 10.7. The van der Waals surface area contributed by atoms with Crippen molar-refractivity contribution in [2.24, 2.45) is 23.2 Å². The fourth-order valence-electron chi connectivity index (χ4n) is 4.00. The molecule has 17 heavy (non-hydrogen) atoms. The zero-order chi connectivity index (χ0) is 12.8. The summed E-state index contributed by atoms with van der Waals surface area (Å²) in [5.74, 6) is 1.40. The van der Waals surface area contributed by atoms with Crippen LogP contribution in [0.3, 0.4) is 0 Å². The maximum atomic E-state index is 10.7. The summed E-state index contributed by atoms with van der Waals surface area (Å²) in [6, 6.07) is 0. The van der Waals surface area contributed by atoms with Crippen molar-refractivity contribution in [3.05, 3.63) is 11.6 Å².